The molecule has 4 heteroatoms. The van der Waals surface area contributed by atoms with Crippen LogP contribution >= 0.6 is 11.8 Å². The van der Waals surface area contributed by atoms with Crippen molar-refractivity contribution in [1.82, 2.24) is 10.3 Å². The molecule has 1 aromatic rings. The van der Waals surface area contributed by atoms with Crippen molar-refractivity contribution < 1.29 is 4.74 Å². The lowest BCUT2D eigenvalue weighted by Crippen LogP contribution is -2.21. The van der Waals surface area contributed by atoms with E-state index in [1.54, 1.807) is 0 Å². The molecule has 0 unspecified atom stereocenters. The van der Waals surface area contributed by atoms with E-state index in [0.29, 0.717) is 11.3 Å². The van der Waals surface area contributed by atoms with Gasteiger partial charge in [-0.05, 0) is 24.5 Å². The van der Waals surface area contributed by atoms with Gasteiger partial charge in [-0.2, -0.15) is 0 Å². The summed E-state index contributed by atoms with van der Waals surface area (Å²) >= 11 is 1.89. The van der Waals surface area contributed by atoms with Crippen molar-refractivity contribution in [2.24, 2.45) is 0 Å². The molecular weight excluding hydrogens is 244 g/mol. The summed E-state index contributed by atoms with van der Waals surface area (Å²) in [7, 11) is 0. The van der Waals surface area contributed by atoms with Crippen LogP contribution in [0.15, 0.2) is 23.4 Å². The predicted molar refractivity (Wildman–Crippen MR) is 75.9 cm³/mol. The van der Waals surface area contributed by atoms with Gasteiger partial charge in [-0.3, -0.25) is 0 Å². The minimum absolute atomic E-state index is 0.515. The van der Waals surface area contributed by atoms with Crippen molar-refractivity contribution >= 4 is 11.8 Å². The molecule has 2 rings (SSSR count). The monoisotopic (exact) mass is 266 g/mol. The third-order valence-corrected chi connectivity index (χ3v) is 4.26. The Bertz CT molecular complexity index is 347. The van der Waals surface area contributed by atoms with Gasteiger partial charge in [-0.25, -0.2) is 4.98 Å². The fraction of sp³-hybridized carbons (Fsp3) is 0.643. The molecule has 0 atom stereocenters. The van der Waals surface area contributed by atoms with Crippen LogP contribution in [0.1, 0.15) is 32.3 Å². The summed E-state index contributed by atoms with van der Waals surface area (Å²) in [5.41, 5.74) is 1.25. The zero-order valence-electron chi connectivity index (χ0n) is 11.2. The van der Waals surface area contributed by atoms with Crippen molar-refractivity contribution in [1.29, 1.82) is 0 Å². The van der Waals surface area contributed by atoms with Crippen LogP contribution in [0.25, 0.3) is 0 Å². The third-order valence-electron chi connectivity index (χ3n) is 2.97. The molecule has 3 nitrogen and oxygen atoms in total. The van der Waals surface area contributed by atoms with Crippen LogP contribution in [-0.2, 0) is 11.3 Å². The second-order valence-electron chi connectivity index (χ2n) is 4.97. The quantitative estimate of drug-likeness (QED) is 0.888. The van der Waals surface area contributed by atoms with Crippen molar-refractivity contribution in [3.05, 3.63) is 23.9 Å². The Hall–Kier alpha value is -0.580. The highest BCUT2D eigenvalue weighted by molar-refractivity contribution is 7.99. The normalized spacial score (nSPS) is 17.3. The highest BCUT2D eigenvalue weighted by atomic mass is 32.2. The minimum atomic E-state index is 0.515. The molecule has 1 aromatic heterocycles. The lowest BCUT2D eigenvalue weighted by molar-refractivity contribution is 0.1000. The van der Waals surface area contributed by atoms with Gasteiger partial charge >= 0.3 is 0 Å². The molecule has 100 valence electrons. The van der Waals surface area contributed by atoms with Crippen LogP contribution in [-0.4, -0.2) is 29.5 Å². The zero-order chi connectivity index (χ0) is 12.8. The van der Waals surface area contributed by atoms with E-state index in [1.165, 1.54) is 5.56 Å². The van der Waals surface area contributed by atoms with Gasteiger partial charge in [-0.1, -0.05) is 19.9 Å². The molecule has 1 N–H and O–H groups in total. The van der Waals surface area contributed by atoms with Crippen molar-refractivity contribution in [3.8, 4) is 0 Å². The molecule has 0 radical (unpaired) electrons. The van der Waals surface area contributed by atoms with Crippen LogP contribution in [0.4, 0.5) is 0 Å². The fourth-order valence-electron chi connectivity index (χ4n) is 1.87. The Kier molecular flexibility index (Phi) is 5.47. The minimum Gasteiger partial charge on any atom is -0.381 e. The molecule has 0 amide bonds. The predicted octanol–water partition coefficient (Wildman–Crippen LogP) is 2.85. The number of ether oxygens (including phenoxy) is 1. The number of hydrogen-bond donors (Lipinski definition) is 1. The smallest absolute Gasteiger partial charge is 0.0962 e. The maximum Gasteiger partial charge on any atom is 0.0962 e. The van der Waals surface area contributed by atoms with Gasteiger partial charge in [0.05, 0.1) is 5.03 Å². The van der Waals surface area contributed by atoms with Crippen LogP contribution in [0.5, 0.6) is 0 Å². The summed E-state index contributed by atoms with van der Waals surface area (Å²) in [5, 5.41) is 5.21. The summed E-state index contributed by atoms with van der Waals surface area (Å²) in [5.74, 6) is 0. The highest BCUT2D eigenvalue weighted by Crippen LogP contribution is 2.28. The van der Waals surface area contributed by atoms with Gasteiger partial charge in [-0.15, -0.1) is 11.8 Å². The van der Waals surface area contributed by atoms with E-state index in [1.807, 2.05) is 18.0 Å². The Labute approximate surface area is 114 Å². The number of nitrogens with one attached hydrogen (secondary N) is 1. The van der Waals surface area contributed by atoms with Gasteiger partial charge in [0.15, 0.2) is 0 Å². The Morgan fingerprint density at radius 3 is 2.78 bits per heavy atom. The topological polar surface area (TPSA) is 34.1 Å². The van der Waals surface area contributed by atoms with Crippen LogP contribution < -0.4 is 5.32 Å². The summed E-state index contributed by atoms with van der Waals surface area (Å²) in [6.07, 6.45) is 4.27. The Morgan fingerprint density at radius 1 is 1.39 bits per heavy atom. The van der Waals surface area contributed by atoms with Crippen molar-refractivity contribution in [2.75, 3.05) is 13.2 Å². The summed E-state index contributed by atoms with van der Waals surface area (Å²) < 4.78 is 5.37. The maximum absolute atomic E-state index is 5.37. The maximum atomic E-state index is 5.37. The lowest BCUT2D eigenvalue weighted by atomic mass is 10.2. The second-order valence-corrected chi connectivity index (χ2v) is 6.29. The number of rotatable bonds is 5. The lowest BCUT2D eigenvalue weighted by Gasteiger charge is -2.20. The van der Waals surface area contributed by atoms with E-state index in [-0.39, 0.29) is 0 Å². The first-order valence-corrected chi connectivity index (χ1v) is 7.54. The first-order valence-electron chi connectivity index (χ1n) is 6.67. The molecule has 0 saturated carbocycles. The molecule has 0 aliphatic carbocycles. The zero-order valence-corrected chi connectivity index (χ0v) is 12.0. The van der Waals surface area contributed by atoms with Gasteiger partial charge in [0, 0.05) is 37.2 Å². The highest BCUT2D eigenvalue weighted by Gasteiger charge is 2.15. The third kappa shape index (κ3) is 4.59. The molecular formula is C14H22N2OS. The molecule has 0 bridgehead atoms. The molecule has 18 heavy (non-hydrogen) atoms. The van der Waals surface area contributed by atoms with Gasteiger partial charge in [0.2, 0.25) is 0 Å². The first-order chi connectivity index (χ1) is 8.74. The standard InChI is InChI=1S/C14H22N2OS/c1-11(2)15-9-12-3-4-14(16-10-12)18-13-5-7-17-8-6-13/h3-4,10-11,13,15H,5-9H2,1-2H3. The SMILES string of the molecule is CC(C)NCc1ccc(SC2CCOCC2)nc1. The number of pyridine rings is 1. The van der Waals surface area contributed by atoms with Crippen LogP contribution in [0.2, 0.25) is 0 Å². The van der Waals surface area contributed by atoms with Gasteiger partial charge < -0.3 is 10.1 Å². The number of thioether (sulfide) groups is 1. The number of hydrogen-bond acceptors (Lipinski definition) is 4. The van der Waals surface area contributed by atoms with Gasteiger partial charge in [0.1, 0.15) is 0 Å². The first kappa shape index (κ1) is 13.8. The van der Waals surface area contributed by atoms with E-state index < -0.39 is 0 Å². The molecule has 0 spiro atoms. The average Bonchev–Trinajstić information content (AvgIpc) is 2.39. The van der Waals surface area contributed by atoms with Crippen molar-refractivity contribution in [3.63, 3.8) is 0 Å². The average molecular weight is 266 g/mol. The van der Waals surface area contributed by atoms with Crippen LogP contribution in [0.3, 0.4) is 0 Å². The Balaban J connectivity index is 1.83. The van der Waals surface area contributed by atoms with E-state index in [0.717, 1.165) is 37.6 Å². The summed E-state index contributed by atoms with van der Waals surface area (Å²) in [4.78, 5) is 4.53. The van der Waals surface area contributed by atoms with E-state index in [9.17, 15) is 0 Å². The molecule has 1 saturated heterocycles. The largest absolute Gasteiger partial charge is 0.381 e. The summed E-state index contributed by atoms with van der Waals surface area (Å²) in [6.45, 7) is 7.00. The van der Waals surface area contributed by atoms with Gasteiger partial charge in [0.25, 0.3) is 0 Å². The molecule has 0 aromatic carbocycles. The van der Waals surface area contributed by atoms with Crippen molar-refractivity contribution in [2.45, 2.75) is 49.6 Å². The van der Waals surface area contributed by atoms with E-state index in [4.69, 9.17) is 4.74 Å². The number of aromatic nitrogens is 1. The summed E-state index contributed by atoms with van der Waals surface area (Å²) in [6, 6.07) is 4.82. The molecule has 1 aliphatic rings. The van der Waals surface area contributed by atoms with Crippen LogP contribution in [0, 0.1) is 0 Å². The fourth-order valence-corrected chi connectivity index (χ4v) is 2.90. The second kappa shape index (κ2) is 7.12. The Morgan fingerprint density at radius 2 is 2.17 bits per heavy atom. The van der Waals surface area contributed by atoms with E-state index in [2.05, 4.69) is 36.3 Å². The molecule has 1 aliphatic heterocycles. The number of nitrogens with zero attached hydrogens (tertiary/aromatic N) is 1. The molecule has 1 fully saturated rings. The van der Waals surface area contributed by atoms with E-state index >= 15 is 0 Å². The molecule has 2 heterocycles.